The fourth-order valence-electron chi connectivity index (χ4n) is 5.18. The molecule has 11 heteroatoms. The molecule has 1 heterocycles. The maximum atomic E-state index is 14.3. The first kappa shape index (κ1) is 31.5. The molecule has 1 saturated heterocycles. The highest BCUT2D eigenvalue weighted by Crippen LogP contribution is 2.32. The largest absolute Gasteiger partial charge is 0.411 e. The van der Waals surface area contributed by atoms with E-state index in [0.29, 0.717) is 6.54 Å². The topological polar surface area (TPSA) is 79.0 Å². The van der Waals surface area contributed by atoms with Crippen LogP contribution < -0.4 is 4.72 Å². The lowest BCUT2D eigenvalue weighted by molar-refractivity contribution is -0.172. The van der Waals surface area contributed by atoms with E-state index in [1.807, 2.05) is 66.7 Å². The monoisotopic (exact) mass is 603 g/mol. The molecule has 0 radical (unpaired) electrons. The number of carbonyl (C=O) groups is 1. The van der Waals surface area contributed by atoms with Crippen LogP contribution in [0.2, 0.25) is 0 Å². The third kappa shape index (κ3) is 9.04. The van der Waals surface area contributed by atoms with E-state index in [2.05, 4.69) is 14.4 Å². The zero-order valence-corrected chi connectivity index (χ0v) is 24.3. The third-order valence-corrected chi connectivity index (χ3v) is 8.52. The normalized spacial score (nSPS) is 15.1. The van der Waals surface area contributed by atoms with Crippen LogP contribution in [0, 0.1) is 0 Å². The van der Waals surface area contributed by atoms with Crippen molar-refractivity contribution in [2.24, 2.45) is 0 Å². The van der Waals surface area contributed by atoms with Gasteiger partial charge in [0.2, 0.25) is 15.9 Å². The second kappa shape index (κ2) is 14.2. The fourth-order valence-corrected chi connectivity index (χ4v) is 6.11. The highest BCUT2D eigenvalue weighted by atomic mass is 32.2. The summed E-state index contributed by atoms with van der Waals surface area (Å²) in [5, 5.41) is 0. The van der Waals surface area contributed by atoms with Gasteiger partial charge in [0.25, 0.3) is 0 Å². The number of rotatable bonds is 13. The Morgan fingerprint density at radius 3 is 2.07 bits per heavy atom. The standard InChI is InChI=1S/C31H36F3N3O4S/c1-36(30(38)29(24-11-4-2-5-12-24)25-13-6-3-7-14-25)28(22-37-17-8-9-18-37)26-15-10-16-27(21-26)35-42(39,40)20-19-41-23-31(32,33)34/h2-7,10-16,21,28-29,35H,8-9,17-20,22-23H2,1H3. The molecule has 3 aromatic rings. The third-order valence-electron chi connectivity index (χ3n) is 7.26. The SMILES string of the molecule is CN(C(=O)C(c1ccccc1)c1ccccc1)C(CN1CCCC1)c1cccc(NS(=O)(=O)CCOCC(F)(F)F)c1. The summed E-state index contributed by atoms with van der Waals surface area (Å²) in [6.45, 7) is 0.278. The number of alkyl halides is 3. The van der Waals surface area contributed by atoms with Crippen LogP contribution in [0.15, 0.2) is 84.9 Å². The molecule has 0 spiro atoms. The molecule has 1 amide bonds. The molecular formula is C31H36F3N3O4S. The van der Waals surface area contributed by atoms with Gasteiger partial charge in [-0.25, -0.2) is 8.42 Å². The number of nitrogens with one attached hydrogen (secondary N) is 1. The lowest BCUT2D eigenvalue weighted by Crippen LogP contribution is -2.41. The summed E-state index contributed by atoms with van der Waals surface area (Å²) in [7, 11) is -2.20. The van der Waals surface area contributed by atoms with Gasteiger partial charge in [0.05, 0.1) is 24.3 Å². The molecule has 226 valence electrons. The van der Waals surface area contributed by atoms with Gasteiger partial charge in [0.15, 0.2) is 0 Å². The van der Waals surface area contributed by atoms with Crippen LogP contribution in [0.1, 0.15) is 41.5 Å². The Kier molecular flexibility index (Phi) is 10.6. The number of likely N-dealkylation sites (N-methyl/N-ethyl adjacent to an activating group) is 1. The van der Waals surface area contributed by atoms with Crippen molar-refractivity contribution in [1.29, 1.82) is 0 Å². The van der Waals surface area contributed by atoms with Crippen molar-refractivity contribution in [2.75, 3.05) is 50.4 Å². The van der Waals surface area contributed by atoms with E-state index in [1.54, 1.807) is 30.1 Å². The Bertz CT molecular complexity index is 1360. The van der Waals surface area contributed by atoms with Crippen molar-refractivity contribution in [1.82, 2.24) is 9.80 Å². The first-order valence-corrected chi connectivity index (χ1v) is 15.5. The molecule has 0 aromatic heterocycles. The number of anilines is 1. The minimum atomic E-state index is -4.53. The summed E-state index contributed by atoms with van der Waals surface area (Å²) < 4.78 is 69.1. The van der Waals surface area contributed by atoms with Crippen molar-refractivity contribution in [3.8, 4) is 0 Å². The van der Waals surface area contributed by atoms with Gasteiger partial charge in [-0.2, -0.15) is 13.2 Å². The van der Waals surface area contributed by atoms with Gasteiger partial charge in [0, 0.05) is 19.3 Å². The van der Waals surface area contributed by atoms with Crippen LogP contribution in [0.5, 0.6) is 0 Å². The second-order valence-corrected chi connectivity index (χ2v) is 12.3. The maximum Gasteiger partial charge on any atom is 0.411 e. The summed E-state index contributed by atoms with van der Waals surface area (Å²) in [6.07, 6.45) is -2.39. The molecule has 1 unspecified atom stereocenters. The van der Waals surface area contributed by atoms with E-state index in [9.17, 15) is 26.4 Å². The van der Waals surface area contributed by atoms with Crippen LogP contribution in [0.25, 0.3) is 0 Å². The van der Waals surface area contributed by atoms with E-state index in [4.69, 9.17) is 0 Å². The summed E-state index contributed by atoms with van der Waals surface area (Å²) in [5.41, 5.74) is 2.74. The molecule has 1 aliphatic rings. The second-order valence-electron chi connectivity index (χ2n) is 10.4. The van der Waals surface area contributed by atoms with Crippen molar-refractivity contribution in [2.45, 2.75) is 31.0 Å². The van der Waals surface area contributed by atoms with Crippen molar-refractivity contribution in [3.05, 3.63) is 102 Å². The predicted octanol–water partition coefficient (Wildman–Crippen LogP) is 5.43. The van der Waals surface area contributed by atoms with Gasteiger partial charge in [-0.1, -0.05) is 72.8 Å². The quantitative estimate of drug-likeness (QED) is 0.264. The van der Waals surface area contributed by atoms with Gasteiger partial charge in [0.1, 0.15) is 6.61 Å². The number of hydrogen-bond donors (Lipinski definition) is 1. The number of ether oxygens (including phenoxy) is 1. The van der Waals surface area contributed by atoms with Crippen molar-refractivity contribution < 1.29 is 31.1 Å². The number of benzene rings is 3. The molecule has 1 aliphatic heterocycles. The van der Waals surface area contributed by atoms with Gasteiger partial charge in [-0.3, -0.25) is 9.52 Å². The fraction of sp³-hybridized carbons (Fsp3) is 0.387. The summed E-state index contributed by atoms with van der Waals surface area (Å²) in [5.74, 6) is -1.25. The summed E-state index contributed by atoms with van der Waals surface area (Å²) in [6, 6.07) is 25.6. The molecule has 7 nitrogen and oxygen atoms in total. The molecule has 1 N–H and O–H groups in total. The lowest BCUT2D eigenvalue weighted by atomic mass is 9.89. The number of amides is 1. The Labute approximate surface area is 245 Å². The van der Waals surface area contributed by atoms with Crippen molar-refractivity contribution >= 4 is 21.6 Å². The summed E-state index contributed by atoms with van der Waals surface area (Å²) in [4.78, 5) is 18.3. The summed E-state index contributed by atoms with van der Waals surface area (Å²) >= 11 is 0. The number of hydrogen-bond acceptors (Lipinski definition) is 5. The number of halogens is 3. The molecule has 0 saturated carbocycles. The zero-order chi connectivity index (χ0) is 30.2. The predicted molar refractivity (Wildman–Crippen MR) is 157 cm³/mol. The molecule has 0 bridgehead atoms. The van der Waals surface area contributed by atoms with Crippen LogP contribution >= 0.6 is 0 Å². The van der Waals surface area contributed by atoms with E-state index < -0.39 is 41.1 Å². The first-order chi connectivity index (χ1) is 20.0. The molecular weight excluding hydrogens is 567 g/mol. The Morgan fingerprint density at radius 2 is 1.50 bits per heavy atom. The van der Waals surface area contributed by atoms with E-state index >= 15 is 0 Å². The number of sulfonamides is 1. The Balaban J connectivity index is 1.58. The maximum absolute atomic E-state index is 14.3. The molecule has 42 heavy (non-hydrogen) atoms. The Morgan fingerprint density at radius 1 is 0.929 bits per heavy atom. The average molecular weight is 604 g/mol. The first-order valence-electron chi connectivity index (χ1n) is 13.9. The minimum Gasteiger partial charge on any atom is -0.371 e. The van der Waals surface area contributed by atoms with E-state index in [0.717, 1.165) is 42.6 Å². The average Bonchev–Trinajstić information content (AvgIpc) is 3.48. The van der Waals surface area contributed by atoms with Crippen LogP contribution in [-0.4, -0.2) is 75.9 Å². The van der Waals surface area contributed by atoms with Crippen LogP contribution in [0.4, 0.5) is 18.9 Å². The zero-order valence-electron chi connectivity index (χ0n) is 23.5. The minimum absolute atomic E-state index is 0.0932. The molecule has 4 rings (SSSR count). The van der Waals surface area contributed by atoms with Gasteiger partial charge >= 0.3 is 6.18 Å². The van der Waals surface area contributed by atoms with E-state index in [1.165, 1.54) is 0 Å². The highest BCUT2D eigenvalue weighted by molar-refractivity contribution is 7.92. The number of carbonyl (C=O) groups excluding carboxylic acids is 1. The van der Waals surface area contributed by atoms with Gasteiger partial charge < -0.3 is 14.5 Å². The van der Waals surface area contributed by atoms with Gasteiger partial charge in [-0.05, 0) is 54.8 Å². The highest BCUT2D eigenvalue weighted by Gasteiger charge is 2.32. The van der Waals surface area contributed by atoms with E-state index in [-0.39, 0.29) is 17.6 Å². The van der Waals surface area contributed by atoms with Crippen LogP contribution in [-0.2, 0) is 19.6 Å². The van der Waals surface area contributed by atoms with Crippen molar-refractivity contribution in [3.63, 3.8) is 0 Å². The molecule has 0 aliphatic carbocycles. The molecule has 1 fully saturated rings. The molecule has 1 atom stereocenters. The molecule has 3 aromatic carbocycles. The van der Waals surface area contributed by atoms with Gasteiger partial charge in [-0.15, -0.1) is 0 Å². The smallest absolute Gasteiger partial charge is 0.371 e. The Hall–Kier alpha value is -3.41. The number of nitrogens with zero attached hydrogens (tertiary/aromatic N) is 2. The number of likely N-dealkylation sites (tertiary alicyclic amines) is 1. The lowest BCUT2D eigenvalue weighted by Gasteiger charge is -2.34. The van der Waals surface area contributed by atoms with Crippen LogP contribution in [0.3, 0.4) is 0 Å².